The highest BCUT2D eigenvalue weighted by Gasteiger charge is 2.59. The molecule has 1 aromatic carbocycles. The third-order valence-corrected chi connectivity index (χ3v) is 7.51. The first kappa shape index (κ1) is 24.6. The van der Waals surface area contributed by atoms with E-state index in [0.717, 1.165) is 45.7 Å². The van der Waals surface area contributed by atoms with Gasteiger partial charge in [0.05, 0.1) is 25.5 Å². The summed E-state index contributed by atoms with van der Waals surface area (Å²) in [5.41, 5.74) is 1.04. The van der Waals surface area contributed by atoms with Crippen molar-refractivity contribution >= 4 is 40.4 Å². The van der Waals surface area contributed by atoms with Crippen LogP contribution in [0.15, 0.2) is 30.5 Å². The topological polar surface area (TPSA) is 62.5 Å². The summed E-state index contributed by atoms with van der Waals surface area (Å²) in [5, 5.41) is 0.321. The Kier molecular flexibility index (Phi) is 6.88. The maximum atomic E-state index is 14.6. The van der Waals surface area contributed by atoms with Crippen molar-refractivity contribution < 1.29 is 18.7 Å². The Morgan fingerprint density at radius 3 is 2.69 bits per heavy atom. The highest BCUT2D eigenvalue weighted by Crippen LogP contribution is 2.48. The molecular weight excluding hydrogens is 481 g/mol. The minimum absolute atomic E-state index is 0.118. The fourth-order valence-corrected chi connectivity index (χ4v) is 5.51. The van der Waals surface area contributed by atoms with Gasteiger partial charge in [0, 0.05) is 31.4 Å². The molecule has 0 unspecified atom stereocenters. The van der Waals surface area contributed by atoms with Gasteiger partial charge in [0.2, 0.25) is 0 Å². The van der Waals surface area contributed by atoms with Crippen molar-refractivity contribution in [1.29, 1.82) is 0 Å². The van der Waals surface area contributed by atoms with Gasteiger partial charge < -0.3 is 19.2 Å². The Morgan fingerprint density at radius 1 is 1.25 bits per heavy atom. The van der Waals surface area contributed by atoms with Gasteiger partial charge in [-0.1, -0.05) is 6.57 Å². The second kappa shape index (κ2) is 10.1. The number of aryl methyl sites for hydroxylation is 1. The lowest BCUT2D eigenvalue weighted by molar-refractivity contribution is -0.123. The van der Waals surface area contributed by atoms with E-state index >= 15 is 0 Å². The number of amides is 1. The van der Waals surface area contributed by atoms with Crippen molar-refractivity contribution in [2.24, 2.45) is 0 Å². The number of thiocarbonyl (C=S) groups is 1. The first-order chi connectivity index (χ1) is 17.4. The lowest BCUT2D eigenvalue weighted by Crippen LogP contribution is -2.55. The van der Waals surface area contributed by atoms with Crippen LogP contribution >= 0.6 is 12.2 Å². The van der Waals surface area contributed by atoms with E-state index in [1.807, 2.05) is 4.90 Å². The molecule has 0 radical (unpaired) electrons. The van der Waals surface area contributed by atoms with E-state index in [1.165, 1.54) is 17.2 Å². The molecule has 0 bridgehead atoms. The summed E-state index contributed by atoms with van der Waals surface area (Å²) >= 11 is 5.80. The zero-order valence-electron chi connectivity index (χ0n) is 20.2. The summed E-state index contributed by atoms with van der Waals surface area (Å²) < 4.78 is 25.8. The molecule has 3 aliphatic rings. The van der Waals surface area contributed by atoms with E-state index in [4.69, 9.17) is 28.3 Å². The van der Waals surface area contributed by atoms with Crippen molar-refractivity contribution in [1.82, 2.24) is 9.88 Å². The lowest BCUT2D eigenvalue weighted by atomic mass is 9.75. The zero-order chi connectivity index (χ0) is 25.3. The Bertz CT molecular complexity index is 1220. The maximum absolute atomic E-state index is 14.6. The summed E-state index contributed by atoms with van der Waals surface area (Å²) in [5.74, 6) is -0.125. The molecule has 1 aliphatic carbocycles. The zero-order valence-corrected chi connectivity index (χ0v) is 21.0. The molecule has 0 N–H and O–H groups in total. The second-order valence-corrected chi connectivity index (χ2v) is 9.73. The summed E-state index contributed by atoms with van der Waals surface area (Å²) in [6.45, 7) is 13.6. The van der Waals surface area contributed by atoms with Crippen molar-refractivity contribution in [2.75, 3.05) is 49.3 Å². The van der Waals surface area contributed by atoms with E-state index in [2.05, 4.69) is 14.7 Å². The third kappa shape index (κ3) is 4.32. The molecule has 36 heavy (non-hydrogen) atoms. The average Bonchev–Trinajstić information content (AvgIpc) is 3.10. The number of benzene rings is 1. The fraction of sp³-hybridized carbons (Fsp3) is 0.462. The number of anilines is 2. The van der Waals surface area contributed by atoms with Crippen molar-refractivity contribution in [3.63, 3.8) is 0 Å². The summed E-state index contributed by atoms with van der Waals surface area (Å²) in [6, 6.07) is 6.41. The molecule has 3 heterocycles. The molecular formula is C26H28FN5O3S. The first-order valence-corrected chi connectivity index (χ1v) is 12.6. The Morgan fingerprint density at radius 2 is 2.03 bits per heavy atom. The lowest BCUT2D eigenvalue weighted by Gasteiger charge is -2.43. The highest BCUT2D eigenvalue weighted by atomic mass is 32.1. The molecule has 1 saturated carbocycles. The van der Waals surface area contributed by atoms with Crippen LogP contribution in [-0.4, -0.2) is 65.9 Å². The van der Waals surface area contributed by atoms with E-state index in [9.17, 15) is 9.18 Å². The molecule has 1 aromatic heterocycles. The summed E-state index contributed by atoms with van der Waals surface area (Å²) in [7, 11) is 0. The van der Waals surface area contributed by atoms with Crippen LogP contribution in [0.25, 0.3) is 4.85 Å². The fourth-order valence-electron chi connectivity index (χ4n) is 5.04. The minimum atomic E-state index is -0.797. The van der Waals surface area contributed by atoms with E-state index in [0.29, 0.717) is 47.3 Å². The predicted octanol–water partition coefficient (Wildman–Crippen LogP) is 4.24. The van der Waals surface area contributed by atoms with Gasteiger partial charge in [-0.25, -0.2) is 4.39 Å². The predicted molar refractivity (Wildman–Crippen MR) is 138 cm³/mol. The molecule has 0 atom stereocenters. The molecule has 1 spiro atoms. The van der Waals surface area contributed by atoms with Crippen molar-refractivity contribution in [3.05, 3.63) is 53.3 Å². The molecule has 188 valence electrons. The standard InChI is InChI=1S/C26H28FN5O3S/c1-18-15-20(17-29-23(18)28-2)31-24(33)26(7-3-8-26)32(25(31)36)19-5-6-21(27)22(16-19)35-12-4-9-30-10-13-34-14-11-30/h5-6,15-17H,3-4,7-14H2,1H3. The Hall–Kier alpha value is -3.13. The number of carbonyl (C=O) groups is 1. The number of aromatic nitrogens is 1. The van der Waals surface area contributed by atoms with Crippen LogP contribution in [0, 0.1) is 19.3 Å². The molecule has 3 fully saturated rings. The average molecular weight is 510 g/mol. The van der Waals surface area contributed by atoms with E-state index in [-0.39, 0.29) is 11.7 Å². The number of carbonyl (C=O) groups excluding carboxylic acids is 1. The number of nitrogens with zero attached hydrogens (tertiary/aromatic N) is 5. The van der Waals surface area contributed by atoms with Gasteiger partial charge in [-0.3, -0.25) is 14.6 Å². The molecule has 2 aromatic rings. The van der Waals surface area contributed by atoms with Crippen LogP contribution in [0.5, 0.6) is 5.75 Å². The Labute approximate surface area is 215 Å². The van der Waals surface area contributed by atoms with Crippen LogP contribution in [-0.2, 0) is 9.53 Å². The number of rotatable bonds is 7. The normalized spacial score (nSPS) is 19.5. The Balaban J connectivity index is 1.36. The number of halogens is 1. The van der Waals surface area contributed by atoms with E-state index in [1.54, 1.807) is 25.1 Å². The number of pyridine rings is 1. The van der Waals surface area contributed by atoms with Gasteiger partial charge in [-0.05, 0) is 68.6 Å². The second-order valence-electron chi connectivity index (χ2n) is 9.36. The van der Waals surface area contributed by atoms with Crippen LogP contribution in [0.3, 0.4) is 0 Å². The van der Waals surface area contributed by atoms with Gasteiger partial charge in [0.1, 0.15) is 11.7 Å². The van der Waals surface area contributed by atoms with Crippen molar-refractivity contribution in [3.8, 4) is 5.75 Å². The largest absolute Gasteiger partial charge is 0.490 e. The van der Waals surface area contributed by atoms with Crippen LogP contribution in [0.4, 0.5) is 21.6 Å². The maximum Gasteiger partial charge on any atom is 0.272 e. The van der Waals surface area contributed by atoms with Crippen molar-refractivity contribution in [2.45, 2.75) is 38.1 Å². The number of morpholine rings is 1. The van der Waals surface area contributed by atoms with Gasteiger partial charge in [0.15, 0.2) is 16.7 Å². The van der Waals surface area contributed by atoms with Gasteiger partial charge >= 0.3 is 0 Å². The molecule has 1 amide bonds. The van der Waals surface area contributed by atoms with Crippen LogP contribution in [0.1, 0.15) is 31.2 Å². The number of hydrogen-bond acceptors (Lipinski definition) is 6. The smallest absolute Gasteiger partial charge is 0.272 e. The quantitative estimate of drug-likeness (QED) is 0.314. The van der Waals surface area contributed by atoms with Crippen LogP contribution < -0.4 is 14.5 Å². The molecule has 10 heteroatoms. The van der Waals surface area contributed by atoms with E-state index < -0.39 is 11.4 Å². The van der Waals surface area contributed by atoms with Gasteiger partial charge in [0.25, 0.3) is 11.7 Å². The molecule has 8 nitrogen and oxygen atoms in total. The summed E-state index contributed by atoms with van der Waals surface area (Å²) in [6.07, 6.45) is 4.49. The number of hydrogen-bond donors (Lipinski definition) is 0. The molecule has 5 rings (SSSR count). The molecule has 2 aliphatic heterocycles. The number of ether oxygens (including phenoxy) is 2. The first-order valence-electron chi connectivity index (χ1n) is 12.2. The van der Waals surface area contributed by atoms with Gasteiger partial charge in [-0.2, -0.15) is 0 Å². The SMILES string of the molecule is [C-]#[N+]c1ncc(N2C(=O)C3(CCC3)N(c3ccc(F)c(OCCCN4CCOCC4)c3)C2=S)cc1C. The highest BCUT2D eigenvalue weighted by molar-refractivity contribution is 7.81. The van der Waals surface area contributed by atoms with Gasteiger partial charge in [-0.15, -0.1) is 4.98 Å². The third-order valence-electron chi connectivity index (χ3n) is 7.15. The monoisotopic (exact) mass is 509 g/mol. The minimum Gasteiger partial charge on any atom is -0.490 e. The van der Waals surface area contributed by atoms with Crippen LogP contribution in [0.2, 0.25) is 0 Å². The summed E-state index contributed by atoms with van der Waals surface area (Å²) in [4.78, 5) is 26.9. The molecule has 2 saturated heterocycles.